The van der Waals surface area contributed by atoms with Crippen molar-refractivity contribution in [1.29, 1.82) is 0 Å². The summed E-state index contributed by atoms with van der Waals surface area (Å²) in [4.78, 5) is 13.2. The SMILES string of the molecule is CCCCC/C=C/CC/C=C/C(O)C(COC1OC(CO)C(OC2OC(CO)C(O)C(O)C2O)C(O)C1O)NC(=O)CCCCCCCCCCCCCCC/C=C\CCCCCCCCCC. The highest BCUT2D eigenvalue weighted by atomic mass is 16.7. The molecule has 0 aromatic carbocycles. The van der Waals surface area contributed by atoms with E-state index in [9.17, 15) is 45.6 Å². The minimum atomic E-state index is -1.79. The summed E-state index contributed by atoms with van der Waals surface area (Å²) in [5.41, 5.74) is 0. The van der Waals surface area contributed by atoms with Crippen molar-refractivity contribution in [3.8, 4) is 0 Å². The van der Waals surface area contributed by atoms with Gasteiger partial charge in [-0.15, -0.1) is 0 Å². The minimum Gasteiger partial charge on any atom is -0.394 e. The Bertz CT molecular complexity index is 1280. The first-order chi connectivity index (χ1) is 33.1. The number of carbonyl (C=O) groups is 1. The van der Waals surface area contributed by atoms with Crippen molar-refractivity contribution < 1.29 is 64.6 Å². The summed E-state index contributed by atoms with van der Waals surface area (Å²) >= 11 is 0. The zero-order valence-corrected chi connectivity index (χ0v) is 42.3. The monoisotopic (exact) mass is 970 g/mol. The molecule has 0 spiro atoms. The molecule has 12 atom stereocenters. The minimum absolute atomic E-state index is 0.252. The summed E-state index contributed by atoms with van der Waals surface area (Å²) in [5.74, 6) is -0.252. The lowest BCUT2D eigenvalue weighted by Crippen LogP contribution is -2.65. The molecule has 0 bridgehead atoms. The lowest BCUT2D eigenvalue weighted by atomic mass is 9.97. The summed E-state index contributed by atoms with van der Waals surface area (Å²) in [6, 6.07) is -0.927. The van der Waals surface area contributed by atoms with Crippen LogP contribution < -0.4 is 5.32 Å². The number of aliphatic hydroxyl groups excluding tert-OH is 8. The van der Waals surface area contributed by atoms with Crippen LogP contribution in [0.1, 0.15) is 206 Å². The summed E-state index contributed by atoms with van der Waals surface area (Å²) in [7, 11) is 0. The number of hydrogen-bond acceptors (Lipinski definition) is 13. The Kier molecular flexibility index (Phi) is 37.4. The normalized spacial score (nSPS) is 26.6. The van der Waals surface area contributed by atoms with Crippen LogP contribution in [0.4, 0.5) is 0 Å². The van der Waals surface area contributed by atoms with Crippen LogP contribution >= 0.6 is 0 Å². The third-order valence-corrected chi connectivity index (χ3v) is 13.3. The van der Waals surface area contributed by atoms with E-state index in [4.69, 9.17) is 18.9 Å². The van der Waals surface area contributed by atoms with Gasteiger partial charge < -0.3 is 65.1 Å². The van der Waals surface area contributed by atoms with Gasteiger partial charge in [0.05, 0.1) is 32.0 Å². The quantitative estimate of drug-likeness (QED) is 0.0210. The van der Waals surface area contributed by atoms with E-state index >= 15 is 0 Å². The van der Waals surface area contributed by atoms with E-state index in [0.717, 1.165) is 38.5 Å². The summed E-state index contributed by atoms with van der Waals surface area (Å²) < 4.78 is 22.6. The van der Waals surface area contributed by atoms with Crippen LogP contribution in [0, 0.1) is 0 Å². The van der Waals surface area contributed by atoms with Crippen molar-refractivity contribution in [3.63, 3.8) is 0 Å². The number of hydrogen-bond donors (Lipinski definition) is 9. The highest BCUT2D eigenvalue weighted by Crippen LogP contribution is 2.30. The number of carbonyl (C=O) groups excluding carboxylic acids is 1. The molecule has 2 rings (SSSR count). The molecule has 2 aliphatic rings. The molecule has 9 N–H and O–H groups in total. The van der Waals surface area contributed by atoms with E-state index in [1.54, 1.807) is 6.08 Å². The fraction of sp³-hybridized carbons (Fsp3) is 0.870. The number of ether oxygens (including phenoxy) is 4. The molecule has 1 amide bonds. The van der Waals surface area contributed by atoms with Crippen molar-refractivity contribution in [2.45, 2.75) is 280 Å². The fourth-order valence-corrected chi connectivity index (χ4v) is 8.83. The molecule has 2 saturated heterocycles. The van der Waals surface area contributed by atoms with Gasteiger partial charge in [0.1, 0.15) is 48.8 Å². The van der Waals surface area contributed by atoms with Crippen LogP contribution in [0.15, 0.2) is 36.5 Å². The molecule has 14 heteroatoms. The smallest absolute Gasteiger partial charge is 0.220 e. The van der Waals surface area contributed by atoms with Gasteiger partial charge in [-0.3, -0.25) is 4.79 Å². The van der Waals surface area contributed by atoms with Crippen molar-refractivity contribution in [3.05, 3.63) is 36.5 Å². The molecule has 2 heterocycles. The molecule has 68 heavy (non-hydrogen) atoms. The Morgan fingerprint density at radius 3 is 1.47 bits per heavy atom. The second-order valence-corrected chi connectivity index (χ2v) is 19.3. The molecule has 0 aliphatic carbocycles. The zero-order chi connectivity index (χ0) is 49.6. The van der Waals surface area contributed by atoms with E-state index in [1.165, 1.54) is 135 Å². The number of allylic oxidation sites excluding steroid dienone is 5. The Morgan fingerprint density at radius 2 is 0.941 bits per heavy atom. The largest absolute Gasteiger partial charge is 0.394 e. The first-order valence-corrected chi connectivity index (χ1v) is 27.2. The number of amides is 1. The molecule has 2 aliphatic heterocycles. The predicted molar refractivity (Wildman–Crippen MR) is 268 cm³/mol. The van der Waals surface area contributed by atoms with Crippen molar-refractivity contribution >= 4 is 5.91 Å². The Balaban J connectivity index is 1.71. The van der Waals surface area contributed by atoms with Gasteiger partial charge in [0.2, 0.25) is 5.91 Å². The van der Waals surface area contributed by atoms with Gasteiger partial charge in [-0.1, -0.05) is 179 Å². The van der Waals surface area contributed by atoms with E-state index < -0.39 is 86.8 Å². The maximum atomic E-state index is 13.2. The van der Waals surface area contributed by atoms with E-state index in [1.807, 2.05) is 6.08 Å². The molecule has 0 aromatic heterocycles. The first kappa shape index (κ1) is 62.3. The summed E-state index contributed by atoms with van der Waals surface area (Å²) in [5, 5.41) is 86.6. The van der Waals surface area contributed by atoms with Gasteiger partial charge in [-0.05, 0) is 57.8 Å². The maximum absolute atomic E-state index is 13.2. The Labute approximate surface area is 411 Å². The van der Waals surface area contributed by atoms with Crippen LogP contribution in [0.25, 0.3) is 0 Å². The molecule has 0 radical (unpaired) electrons. The topological polar surface area (TPSA) is 228 Å². The lowest BCUT2D eigenvalue weighted by molar-refractivity contribution is -0.359. The van der Waals surface area contributed by atoms with Crippen LogP contribution in [0.2, 0.25) is 0 Å². The third kappa shape index (κ3) is 27.1. The predicted octanol–water partition coefficient (Wildman–Crippen LogP) is 7.88. The standard InChI is InChI=1S/C54H99NO13/c1-3-5-7-9-11-13-14-15-16-17-18-19-20-21-22-23-24-25-26-27-28-30-32-34-36-38-46(59)55-42(43(58)37-35-33-31-29-12-10-8-6-4-2)41-65-53-51(64)49(62)52(45(40-57)67-53)68-54-50(63)48(61)47(60)44(39-56)66-54/h12,17-18,29,35,37,42-45,47-54,56-58,60-64H,3-11,13-16,19-28,30-34,36,38-41H2,1-2H3,(H,55,59)/b18-17-,29-12+,37-35+. The van der Waals surface area contributed by atoms with Gasteiger partial charge in [0.15, 0.2) is 12.6 Å². The van der Waals surface area contributed by atoms with Gasteiger partial charge in [-0.2, -0.15) is 0 Å². The van der Waals surface area contributed by atoms with Gasteiger partial charge >= 0.3 is 0 Å². The Morgan fingerprint density at radius 1 is 0.515 bits per heavy atom. The van der Waals surface area contributed by atoms with Crippen molar-refractivity contribution in [2.75, 3.05) is 19.8 Å². The molecule has 2 fully saturated rings. The molecule has 0 aromatic rings. The van der Waals surface area contributed by atoms with Crippen molar-refractivity contribution in [1.82, 2.24) is 5.32 Å². The third-order valence-electron chi connectivity index (χ3n) is 13.3. The Hall–Kier alpha value is -1.79. The average molecular weight is 970 g/mol. The fourth-order valence-electron chi connectivity index (χ4n) is 8.83. The van der Waals surface area contributed by atoms with E-state index in [2.05, 4.69) is 43.5 Å². The number of nitrogens with one attached hydrogen (secondary N) is 1. The van der Waals surface area contributed by atoms with Crippen LogP contribution in [0.3, 0.4) is 0 Å². The molecule has 0 saturated carbocycles. The number of rotatable bonds is 42. The van der Waals surface area contributed by atoms with Crippen LogP contribution in [0.5, 0.6) is 0 Å². The van der Waals surface area contributed by atoms with Gasteiger partial charge in [-0.25, -0.2) is 0 Å². The average Bonchev–Trinajstić information content (AvgIpc) is 3.34. The first-order valence-electron chi connectivity index (χ1n) is 27.2. The molecular weight excluding hydrogens is 871 g/mol. The summed E-state index contributed by atoms with van der Waals surface area (Å²) in [6.07, 6.45) is 30.8. The van der Waals surface area contributed by atoms with Crippen LogP contribution in [-0.4, -0.2) is 140 Å². The van der Waals surface area contributed by atoms with Gasteiger partial charge in [0.25, 0.3) is 0 Å². The maximum Gasteiger partial charge on any atom is 0.220 e. The van der Waals surface area contributed by atoms with E-state index in [-0.39, 0.29) is 18.9 Å². The molecule has 12 unspecified atom stereocenters. The van der Waals surface area contributed by atoms with Crippen LogP contribution in [-0.2, 0) is 23.7 Å². The van der Waals surface area contributed by atoms with E-state index in [0.29, 0.717) is 12.8 Å². The molecule has 398 valence electrons. The van der Waals surface area contributed by atoms with Crippen molar-refractivity contribution in [2.24, 2.45) is 0 Å². The van der Waals surface area contributed by atoms with Gasteiger partial charge in [0, 0.05) is 6.42 Å². The zero-order valence-electron chi connectivity index (χ0n) is 42.3. The molecular formula is C54H99NO13. The highest BCUT2D eigenvalue weighted by molar-refractivity contribution is 5.76. The number of aliphatic hydroxyl groups is 8. The molecule has 14 nitrogen and oxygen atoms in total. The summed E-state index contributed by atoms with van der Waals surface area (Å²) in [6.45, 7) is 2.71. The highest BCUT2D eigenvalue weighted by Gasteiger charge is 2.51. The second kappa shape index (κ2) is 40.8. The number of unbranched alkanes of at least 4 members (excludes halogenated alkanes) is 25. The lowest BCUT2D eigenvalue weighted by Gasteiger charge is -2.46. The second-order valence-electron chi connectivity index (χ2n) is 19.3.